The average Bonchev–Trinajstić information content (AvgIpc) is 2.42. The van der Waals surface area contributed by atoms with Gasteiger partial charge < -0.3 is 10.5 Å². The van der Waals surface area contributed by atoms with Crippen molar-refractivity contribution in [1.29, 1.82) is 0 Å². The van der Waals surface area contributed by atoms with Crippen molar-refractivity contribution >= 4 is 9.84 Å². The molecule has 0 aliphatic carbocycles. The van der Waals surface area contributed by atoms with Crippen LogP contribution < -0.4 is 5.73 Å². The summed E-state index contributed by atoms with van der Waals surface area (Å²) in [7, 11) is -2.86. The maximum Gasteiger partial charge on any atom is 0.152 e. The lowest BCUT2D eigenvalue weighted by molar-refractivity contribution is 0.0576. The Morgan fingerprint density at radius 2 is 2.00 bits per heavy atom. The molecule has 1 unspecified atom stereocenters. The van der Waals surface area contributed by atoms with Gasteiger partial charge in [0.05, 0.1) is 11.5 Å². The first-order valence-corrected chi connectivity index (χ1v) is 7.38. The van der Waals surface area contributed by atoms with Crippen LogP contribution in [0.4, 0.5) is 0 Å². The van der Waals surface area contributed by atoms with E-state index in [1.54, 1.807) is 0 Å². The highest BCUT2D eigenvalue weighted by Crippen LogP contribution is 2.31. The Balaban J connectivity index is 1.93. The Kier molecular flexibility index (Phi) is 3.05. The lowest BCUT2D eigenvalue weighted by Crippen LogP contribution is -2.43. The molecule has 2 rings (SSSR count). The molecule has 0 bridgehead atoms. The molecule has 0 aromatic rings. The fraction of sp³-hybridized carbons (Fsp3) is 1.00. The van der Waals surface area contributed by atoms with Gasteiger partial charge in [0.15, 0.2) is 9.84 Å². The summed E-state index contributed by atoms with van der Waals surface area (Å²) in [4.78, 5) is 0. The number of hydrogen-bond donors (Lipinski definition) is 1. The molecule has 0 aromatic heterocycles. The second kappa shape index (κ2) is 4.03. The van der Waals surface area contributed by atoms with Crippen LogP contribution in [0.25, 0.3) is 0 Å². The summed E-state index contributed by atoms with van der Waals surface area (Å²) in [5, 5.41) is 0. The quantitative estimate of drug-likeness (QED) is 0.745. The fourth-order valence-corrected chi connectivity index (χ4v) is 4.63. The van der Waals surface area contributed by atoms with E-state index < -0.39 is 15.4 Å². The molecule has 0 saturated carbocycles. The summed E-state index contributed by atoms with van der Waals surface area (Å²) in [5.74, 6) is 1.00. The van der Waals surface area contributed by atoms with Crippen molar-refractivity contribution in [3.63, 3.8) is 0 Å². The van der Waals surface area contributed by atoms with Crippen LogP contribution in [0.5, 0.6) is 0 Å². The third kappa shape index (κ3) is 2.92. The van der Waals surface area contributed by atoms with Gasteiger partial charge in [-0.1, -0.05) is 0 Å². The van der Waals surface area contributed by atoms with Crippen LogP contribution in [0.3, 0.4) is 0 Å². The van der Waals surface area contributed by atoms with Gasteiger partial charge in [0.1, 0.15) is 0 Å². The van der Waals surface area contributed by atoms with Crippen LogP contribution in [0.2, 0.25) is 0 Å². The second-order valence-corrected chi connectivity index (χ2v) is 7.15. The SMILES string of the molecule is NC1(CC2CCOCC2)CCS(=O)(=O)C1. The minimum atomic E-state index is -2.86. The molecule has 2 aliphatic heterocycles. The zero-order chi connectivity index (χ0) is 10.9. The van der Waals surface area contributed by atoms with Crippen molar-refractivity contribution in [2.75, 3.05) is 24.7 Å². The molecule has 2 N–H and O–H groups in total. The maximum atomic E-state index is 11.4. The summed E-state index contributed by atoms with van der Waals surface area (Å²) < 4.78 is 28.0. The molecule has 2 fully saturated rings. The van der Waals surface area contributed by atoms with Gasteiger partial charge in [-0.05, 0) is 31.6 Å². The van der Waals surface area contributed by atoms with Gasteiger partial charge in [0.25, 0.3) is 0 Å². The predicted molar refractivity (Wildman–Crippen MR) is 58.3 cm³/mol. The zero-order valence-corrected chi connectivity index (χ0v) is 9.76. The number of hydrogen-bond acceptors (Lipinski definition) is 4. The molecule has 0 spiro atoms. The number of nitrogens with two attached hydrogens (primary N) is 1. The molecule has 1 atom stereocenters. The number of sulfone groups is 1. The largest absolute Gasteiger partial charge is 0.381 e. The van der Waals surface area contributed by atoms with Gasteiger partial charge in [-0.25, -0.2) is 8.42 Å². The molecule has 2 saturated heterocycles. The van der Waals surface area contributed by atoms with E-state index in [1.165, 1.54) is 0 Å². The van der Waals surface area contributed by atoms with Crippen LogP contribution in [0.15, 0.2) is 0 Å². The summed E-state index contributed by atoms with van der Waals surface area (Å²) in [5.41, 5.74) is 5.69. The molecule has 15 heavy (non-hydrogen) atoms. The van der Waals surface area contributed by atoms with Crippen LogP contribution in [-0.2, 0) is 14.6 Å². The summed E-state index contributed by atoms with van der Waals surface area (Å²) in [6, 6.07) is 0. The molecule has 2 aliphatic rings. The van der Waals surface area contributed by atoms with Gasteiger partial charge in [0, 0.05) is 18.8 Å². The molecule has 5 heteroatoms. The highest BCUT2D eigenvalue weighted by atomic mass is 32.2. The second-order valence-electron chi connectivity index (χ2n) is 4.96. The monoisotopic (exact) mass is 233 g/mol. The number of ether oxygens (including phenoxy) is 1. The number of rotatable bonds is 2. The topological polar surface area (TPSA) is 69.4 Å². The first-order valence-electron chi connectivity index (χ1n) is 5.56. The zero-order valence-electron chi connectivity index (χ0n) is 8.94. The van der Waals surface area contributed by atoms with Crippen LogP contribution in [0, 0.1) is 5.92 Å². The summed E-state index contributed by atoms with van der Waals surface area (Å²) in [6.07, 6.45) is 3.53. The van der Waals surface area contributed by atoms with Gasteiger partial charge >= 0.3 is 0 Å². The summed E-state index contributed by atoms with van der Waals surface area (Å²) in [6.45, 7) is 1.60. The van der Waals surface area contributed by atoms with Crippen LogP contribution >= 0.6 is 0 Å². The highest BCUT2D eigenvalue weighted by Gasteiger charge is 2.40. The molecule has 4 nitrogen and oxygen atoms in total. The van der Waals surface area contributed by atoms with Gasteiger partial charge in [-0.2, -0.15) is 0 Å². The lowest BCUT2D eigenvalue weighted by atomic mass is 9.84. The van der Waals surface area contributed by atoms with E-state index in [4.69, 9.17) is 10.5 Å². The third-order valence-electron chi connectivity index (χ3n) is 3.45. The molecular weight excluding hydrogens is 214 g/mol. The highest BCUT2D eigenvalue weighted by molar-refractivity contribution is 7.91. The maximum absolute atomic E-state index is 11.4. The molecule has 2 heterocycles. The van der Waals surface area contributed by atoms with Crippen molar-refractivity contribution in [2.45, 2.75) is 31.2 Å². The van der Waals surface area contributed by atoms with Crippen LogP contribution in [0.1, 0.15) is 25.7 Å². The Morgan fingerprint density at radius 3 is 2.53 bits per heavy atom. The fourth-order valence-electron chi connectivity index (χ4n) is 2.63. The van der Waals surface area contributed by atoms with Crippen LogP contribution in [-0.4, -0.2) is 38.7 Å². The standard InChI is InChI=1S/C10H19NO3S/c11-10(3-6-15(12,13)8-10)7-9-1-4-14-5-2-9/h9H,1-8,11H2. The van der Waals surface area contributed by atoms with E-state index in [0.29, 0.717) is 12.3 Å². The van der Waals surface area contributed by atoms with Crippen molar-refractivity contribution < 1.29 is 13.2 Å². The molecular formula is C10H19NO3S. The Labute approximate surface area is 91.1 Å². The van der Waals surface area contributed by atoms with Crippen molar-refractivity contribution in [2.24, 2.45) is 11.7 Å². The van der Waals surface area contributed by atoms with Gasteiger partial charge in [-0.15, -0.1) is 0 Å². The molecule has 0 radical (unpaired) electrons. The van der Waals surface area contributed by atoms with Crippen molar-refractivity contribution in [3.05, 3.63) is 0 Å². The predicted octanol–water partition coefficient (Wildman–Crippen LogP) is 0.319. The first-order chi connectivity index (χ1) is 6.99. The van der Waals surface area contributed by atoms with Gasteiger partial charge in [0.2, 0.25) is 0 Å². The third-order valence-corrected chi connectivity index (χ3v) is 5.30. The van der Waals surface area contributed by atoms with E-state index >= 15 is 0 Å². The average molecular weight is 233 g/mol. The first kappa shape index (κ1) is 11.4. The van der Waals surface area contributed by atoms with E-state index in [0.717, 1.165) is 32.5 Å². The summed E-state index contributed by atoms with van der Waals surface area (Å²) >= 11 is 0. The van der Waals surface area contributed by atoms with E-state index in [1.807, 2.05) is 0 Å². The molecule has 88 valence electrons. The smallest absolute Gasteiger partial charge is 0.152 e. The normalized spacial score (nSPS) is 36.9. The Hall–Kier alpha value is -0.130. The minimum absolute atomic E-state index is 0.178. The Bertz CT molecular complexity index is 322. The van der Waals surface area contributed by atoms with Crippen molar-refractivity contribution in [1.82, 2.24) is 0 Å². The Morgan fingerprint density at radius 1 is 1.33 bits per heavy atom. The molecule has 0 amide bonds. The van der Waals surface area contributed by atoms with Crippen molar-refractivity contribution in [3.8, 4) is 0 Å². The van der Waals surface area contributed by atoms with E-state index in [-0.39, 0.29) is 11.5 Å². The van der Waals surface area contributed by atoms with Gasteiger partial charge in [-0.3, -0.25) is 0 Å². The minimum Gasteiger partial charge on any atom is -0.381 e. The van der Waals surface area contributed by atoms with E-state index in [2.05, 4.69) is 0 Å². The lowest BCUT2D eigenvalue weighted by Gasteiger charge is -2.30. The van der Waals surface area contributed by atoms with E-state index in [9.17, 15) is 8.42 Å². The molecule has 0 aromatic carbocycles.